The summed E-state index contributed by atoms with van der Waals surface area (Å²) in [5.41, 5.74) is 0.569. The molecular formula is C12H10BrN3O. The van der Waals surface area contributed by atoms with Crippen LogP contribution >= 0.6 is 15.9 Å². The Hall–Kier alpha value is -1.75. The topological polar surface area (TPSA) is 46.1 Å². The van der Waals surface area contributed by atoms with E-state index in [1.54, 1.807) is 37.6 Å². The summed E-state index contributed by atoms with van der Waals surface area (Å²) in [7, 11) is 1.69. The van der Waals surface area contributed by atoms with Gasteiger partial charge in [-0.3, -0.25) is 9.69 Å². The van der Waals surface area contributed by atoms with Crippen LogP contribution in [0.5, 0.6) is 0 Å². The molecule has 2 rings (SSSR count). The molecule has 0 unspecified atom stereocenters. The number of amides is 1. The molecule has 0 spiro atoms. The van der Waals surface area contributed by atoms with E-state index in [4.69, 9.17) is 0 Å². The fraction of sp³-hybridized carbons (Fsp3) is 0.0833. The summed E-state index contributed by atoms with van der Waals surface area (Å²) >= 11 is 3.24. The van der Waals surface area contributed by atoms with E-state index in [9.17, 15) is 4.79 Å². The van der Waals surface area contributed by atoms with Crippen LogP contribution in [0.1, 0.15) is 10.4 Å². The molecule has 2 aromatic rings. The third-order valence-corrected chi connectivity index (χ3v) is 2.70. The molecule has 2 heterocycles. The first kappa shape index (κ1) is 11.7. The zero-order valence-electron chi connectivity index (χ0n) is 9.17. The summed E-state index contributed by atoms with van der Waals surface area (Å²) in [6.07, 6.45) is 3.24. The van der Waals surface area contributed by atoms with E-state index in [0.717, 1.165) is 0 Å². The monoisotopic (exact) mass is 291 g/mol. The maximum absolute atomic E-state index is 12.1. The van der Waals surface area contributed by atoms with E-state index in [-0.39, 0.29) is 5.91 Å². The Kier molecular flexibility index (Phi) is 3.49. The summed E-state index contributed by atoms with van der Waals surface area (Å²) in [5.74, 6) is 0.497. The van der Waals surface area contributed by atoms with Gasteiger partial charge in [0, 0.05) is 25.0 Å². The average molecular weight is 292 g/mol. The lowest BCUT2D eigenvalue weighted by atomic mass is 10.2. The van der Waals surface area contributed by atoms with Crippen LogP contribution in [0.3, 0.4) is 0 Å². The number of nitrogens with zero attached hydrogens (tertiary/aromatic N) is 3. The van der Waals surface area contributed by atoms with Crippen molar-refractivity contribution < 1.29 is 4.79 Å². The zero-order valence-corrected chi connectivity index (χ0v) is 10.8. The fourth-order valence-electron chi connectivity index (χ4n) is 1.39. The Labute approximate surface area is 107 Å². The minimum absolute atomic E-state index is 0.119. The van der Waals surface area contributed by atoms with Crippen molar-refractivity contribution >= 4 is 27.7 Å². The van der Waals surface area contributed by atoms with Crippen LogP contribution in [-0.4, -0.2) is 22.9 Å². The van der Waals surface area contributed by atoms with E-state index in [1.165, 1.54) is 4.90 Å². The predicted octanol–water partition coefficient (Wildman–Crippen LogP) is 2.52. The average Bonchev–Trinajstić information content (AvgIpc) is 2.38. The van der Waals surface area contributed by atoms with Gasteiger partial charge in [0.25, 0.3) is 5.91 Å². The molecule has 0 bridgehead atoms. The molecule has 0 N–H and O–H groups in total. The smallest absolute Gasteiger partial charge is 0.259 e. The molecule has 86 valence electrons. The maximum atomic E-state index is 12.1. The Morgan fingerprint density at radius 2 is 2.06 bits per heavy atom. The number of halogens is 1. The number of hydrogen-bond donors (Lipinski definition) is 0. The van der Waals surface area contributed by atoms with Crippen LogP contribution in [0, 0.1) is 0 Å². The molecule has 1 amide bonds. The quantitative estimate of drug-likeness (QED) is 0.799. The molecule has 0 fully saturated rings. The first-order valence-electron chi connectivity index (χ1n) is 4.99. The lowest BCUT2D eigenvalue weighted by Crippen LogP contribution is -2.26. The van der Waals surface area contributed by atoms with Gasteiger partial charge in [0.15, 0.2) is 0 Å². The van der Waals surface area contributed by atoms with Crippen LogP contribution < -0.4 is 4.90 Å². The predicted molar refractivity (Wildman–Crippen MR) is 68.9 cm³/mol. The van der Waals surface area contributed by atoms with E-state index >= 15 is 0 Å². The van der Waals surface area contributed by atoms with E-state index in [2.05, 4.69) is 25.9 Å². The number of hydrogen-bond acceptors (Lipinski definition) is 3. The highest BCUT2D eigenvalue weighted by atomic mass is 79.9. The highest BCUT2D eigenvalue weighted by molar-refractivity contribution is 9.10. The lowest BCUT2D eigenvalue weighted by molar-refractivity contribution is 0.0992. The minimum Gasteiger partial charge on any atom is -0.296 e. The van der Waals surface area contributed by atoms with Gasteiger partial charge in [0.1, 0.15) is 10.4 Å². The molecule has 5 heteroatoms. The largest absolute Gasteiger partial charge is 0.296 e. The number of aromatic nitrogens is 2. The molecule has 0 atom stereocenters. The Balaban J connectivity index is 2.27. The molecule has 0 aliphatic carbocycles. The SMILES string of the molecule is CN(C(=O)c1ccnc(Br)c1)c1ccccn1. The first-order valence-corrected chi connectivity index (χ1v) is 5.78. The van der Waals surface area contributed by atoms with E-state index < -0.39 is 0 Å². The van der Waals surface area contributed by atoms with Gasteiger partial charge in [0.05, 0.1) is 0 Å². The molecule has 0 radical (unpaired) electrons. The van der Waals surface area contributed by atoms with Crippen molar-refractivity contribution in [1.82, 2.24) is 9.97 Å². The van der Waals surface area contributed by atoms with Gasteiger partial charge in [-0.25, -0.2) is 9.97 Å². The van der Waals surface area contributed by atoms with Crippen molar-refractivity contribution in [3.63, 3.8) is 0 Å². The number of pyridine rings is 2. The van der Waals surface area contributed by atoms with Gasteiger partial charge in [-0.15, -0.1) is 0 Å². The van der Waals surface area contributed by atoms with Gasteiger partial charge in [-0.2, -0.15) is 0 Å². The Bertz CT molecular complexity index is 530. The molecule has 0 aliphatic heterocycles. The highest BCUT2D eigenvalue weighted by Gasteiger charge is 2.14. The van der Waals surface area contributed by atoms with Crippen LogP contribution in [0.25, 0.3) is 0 Å². The molecule has 0 saturated heterocycles. The maximum Gasteiger partial charge on any atom is 0.259 e. The summed E-state index contributed by atoms with van der Waals surface area (Å²) in [5, 5.41) is 0. The van der Waals surface area contributed by atoms with Crippen molar-refractivity contribution in [2.75, 3.05) is 11.9 Å². The van der Waals surface area contributed by atoms with E-state index in [0.29, 0.717) is 16.0 Å². The standard InChI is InChI=1S/C12H10BrN3O/c1-16(11-4-2-3-6-15-11)12(17)9-5-7-14-10(13)8-9/h2-8H,1H3. The number of anilines is 1. The number of carbonyl (C=O) groups excluding carboxylic acids is 1. The van der Waals surface area contributed by atoms with Crippen molar-refractivity contribution in [2.24, 2.45) is 0 Å². The van der Waals surface area contributed by atoms with Crippen LogP contribution in [0.15, 0.2) is 47.3 Å². The van der Waals surface area contributed by atoms with Crippen LogP contribution in [-0.2, 0) is 0 Å². The molecular weight excluding hydrogens is 282 g/mol. The van der Waals surface area contributed by atoms with Crippen molar-refractivity contribution in [3.8, 4) is 0 Å². The van der Waals surface area contributed by atoms with Crippen molar-refractivity contribution in [2.45, 2.75) is 0 Å². The fourth-order valence-corrected chi connectivity index (χ4v) is 1.75. The van der Waals surface area contributed by atoms with Gasteiger partial charge in [-0.1, -0.05) is 6.07 Å². The number of carbonyl (C=O) groups is 1. The third kappa shape index (κ3) is 2.68. The molecule has 0 aromatic carbocycles. The van der Waals surface area contributed by atoms with E-state index in [1.807, 2.05) is 12.1 Å². The Morgan fingerprint density at radius 1 is 1.24 bits per heavy atom. The summed E-state index contributed by atoms with van der Waals surface area (Å²) < 4.78 is 0.637. The summed E-state index contributed by atoms with van der Waals surface area (Å²) in [6, 6.07) is 8.79. The second kappa shape index (κ2) is 5.05. The summed E-state index contributed by atoms with van der Waals surface area (Å²) in [4.78, 5) is 21.7. The zero-order chi connectivity index (χ0) is 12.3. The molecule has 0 aliphatic rings. The second-order valence-electron chi connectivity index (χ2n) is 3.42. The first-order chi connectivity index (χ1) is 8.18. The molecule has 4 nitrogen and oxygen atoms in total. The molecule has 17 heavy (non-hydrogen) atoms. The third-order valence-electron chi connectivity index (χ3n) is 2.27. The van der Waals surface area contributed by atoms with Crippen LogP contribution in [0.4, 0.5) is 5.82 Å². The highest BCUT2D eigenvalue weighted by Crippen LogP contribution is 2.14. The van der Waals surface area contributed by atoms with Crippen LogP contribution in [0.2, 0.25) is 0 Å². The molecule has 2 aromatic heterocycles. The minimum atomic E-state index is -0.119. The normalized spacial score (nSPS) is 10.0. The van der Waals surface area contributed by atoms with Gasteiger partial charge >= 0.3 is 0 Å². The van der Waals surface area contributed by atoms with Gasteiger partial charge in [-0.05, 0) is 40.2 Å². The van der Waals surface area contributed by atoms with Gasteiger partial charge < -0.3 is 0 Å². The molecule has 0 saturated carbocycles. The van der Waals surface area contributed by atoms with Crippen molar-refractivity contribution in [1.29, 1.82) is 0 Å². The number of rotatable bonds is 2. The van der Waals surface area contributed by atoms with Gasteiger partial charge in [0.2, 0.25) is 0 Å². The second-order valence-corrected chi connectivity index (χ2v) is 4.23. The summed E-state index contributed by atoms with van der Waals surface area (Å²) in [6.45, 7) is 0. The van der Waals surface area contributed by atoms with Crippen molar-refractivity contribution in [3.05, 3.63) is 52.9 Å². The Morgan fingerprint density at radius 3 is 2.71 bits per heavy atom. The lowest BCUT2D eigenvalue weighted by Gasteiger charge is -2.15.